The molecule has 0 bridgehead atoms. The van der Waals surface area contributed by atoms with E-state index in [2.05, 4.69) is 5.10 Å². The molecule has 4 rings (SSSR count). The number of halogens is 1. The molecule has 4 aromatic rings. The minimum Gasteiger partial charge on any atom is -0.267 e. The van der Waals surface area contributed by atoms with E-state index in [1.807, 2.05) is 47.2 Å². The van der Waals surface area contributed by atoms with Gasteiger partial charge in [-0.2, -0.15) is 21.1 Å². The van der Waals surface area contributed by atoms with Gasteiger partial charge in [0.1, 0.15) is 5.82 Å². The lowest BCUT2D eigenvalue weighted by Crippen LogP contribution is -2.23. The van der Waals surface area contributed by atoms with E-state index in [0.29, 0.717) is 16.8 Å². The van der Waals surface area contributed by atoms with E-state index in [4.69, 9.17) is 0 Å². The van der Waals surface area contributed by atoms with E-state index >= 15 is 0 Å². The minimum absolute atomic E-state index is 0.202. The van der Waals surface area contributed by atoms with Crippen molar-refractivity contribution in [1.82, 2.24) is 9.78 Å². The van der Waals surface area contributed by atoms with E-state index in [-0.39, 0.29) is 11.4 Å². The Morgan fingerprint density at radius 3 is 2.36 bits per heavy atom. The fraction of sp³-hybridized carbons (Fsp3) is 0. The summed E-state index contributed by atoms with van der Waals surface area (Å²) in [6.45, 7) is 0. The maximum absolute atomic E-state index is 13.3. The number of hydrogen-bond donors (Lipinski definition) is 0. The molecule has 5 heteroatoms. The highest BCUT2D eigenvalue weighted by Gasteiger charge is 2.16. The van der Waals surface area contributed by atoms with E-state index in [1.165, 1.54) is 28.2 Å². The molecule has 0 N–H and O–H groups in total. The van der Waals surface area contributed by atoms with E-state index in [9.17, 15) is 9.18 Å². The molecule has 2 heterocycles. The predicted octanol–water partition coefficient (Wildman–Crippen LogP) is 4.77. The first-order chi connectivity index (χ1) is 12.2. The van der Waals surface area contributed by atoms with Crippen LogP contribution in [-0.2, 0) is 0 Å². The second-order valence-electron chi connectivity index (χ2n) is 5.50. The number of nitrogens with zero attached hydrogens (tertiary/aromatic N) is 2. The lowest BCUT2D eigenvalue weighted by Gasteiger charge is -2.11. The third kappa shape index (κ3) is 2.90. The topological polar surface area (TPSA) is 34.9 Å². The van der Waals surface area contributed by atoms with Crippen LogP contribution in [0.25, 0.3) is 27.9 Å². The summed E-state index contributed by atoms with van der Waals surface area (Å²) < 4.78 is 14.7. The van der Waals surface area contributed by atoms with Crippen molar-refractivity contribution in [3.05, 3.63) is 93.8 Å². The third-order valence-electron chi connectivity index (χ3n) is 3.94. The first-order valence-electron chi connectivity index (χ1n) is 7.70. The van der Waals surface area contributed by atoms with Crippen molar-refractivity contribution in [2.24, 2.45) is 0 Å². The average molecular weight is 348 g/mol. The van der Waals surface area contributed by atoms with Gasteiger partial charge in [-0.25, -0.2) is 4.39 Å². The van der Waals surface area contributed by atoms with Gasteiger partial charge in [-0.3, -0.25) is 4.79 Å². The fourth-order valence-corrected chi connectivity index (χ4v) is 3.39. The van der Waals surface area contributed by atoms with Gasteiger partial charge >= 0.3 is 0 Å². The maximum Gasteiger partial charge on any atom is 0.280 e. The summed E-state index contributed by atoms with van der Waals surface area (Å²) in [7, 11) is 0. The summed E-state index contributed by atoms with van der Waals surface area (Å²) in [6.07, 6.45) is 1.66. The fourth-order valence-electron chi connectivity index (χ4n) is 2.74. The summed E-state index contributed by atoms with van der Waals surface area (Å²) in [5.41, 5.74) is 3.34. The second kappa shape index (κ2) is 6.45. The number of para-hydroxylation sites is 1. The standard InChI is InChI=1S/C20H13FN2OS/c21-16-8-6-14(7-9-16)18-12-22-23(17-4-2-1-3-5-17)20(24)19(18)15-10-11-25-13-15/h1-13H. The third-order valence-corrected chi connectivity index (χ3v) is 4.63. The summed E-state index contributed by atoms with van der Waals surface area (Å²) >= 11 is 1.52. The second-order valence-corrected chi connectivity index (χ2v) is 6.28. The van der Waals surface area contributed by atoms with Crippen LogP contribution in [0, 0.1) is 5.82 Å². The van der Waals surface area contributed by atoms with Gasteiger partial charge in [-0.05, 0) is 52.2 Å². The Balaban J connectivity index is 1.99. The highest BCUT2D eigenvalue weighted by molar-refractivity contribution is 7.08. The van der Waals surface area contributed by atoms with Gasteiger partial charge in [0, 0.05) is 5.56 Å². The molecule has 0 saturated heterocycles. The monoisotopic (exact) mass is 348 g/mol. The van der Waals surface area contributed by atoms with Crippen molar-refractivity contribution >= 4 is 11.3 Å². The van der Waals surface area contributed by atoms with Crippen LogP contribution in [-0.4, -0.2) is 9.78 Å². The van der Waals surface area contributed by atoms with Gasteiger partial charge in [0.2, 0.25) is 0 Å². The van der Waals surface area contributed by atoms with Crippen LogP contribution in [0.5, 0.6) is 0 Å². The quantitative estimate of drug-likeness (QED) is 0.535. The van der Waals surface area contributed by atoms with Gasteiger partial charge in [-0.1, -0.05) is 30.3 Å². The summed E-state index contributed by atoms with van der Waals surface area (Å²) in [4.78, 5) is 13.2. The average Bonchev–Trinajstić information content (AvgIpc) is 3.17. The van der Waals surface area contributed by atoms with Crippen LogP contribution in [0.4, 0.5) is 4.39 Å². The molecular formula is C20H13FN2OS. The largest absolute Gasteiger partial charge is 0.280 e. The first-order valence-corrected chi connectivity index (χ1v) is 8.64. The number of benzene rings is 2. The van der Waals surface area contributed by atoms with Crippen LogP contribution in [0.1, 0.15) is 0 Å². The molecule has 0 spiro atoms. The number of rotatable bonds is 3. The Bertz CT molecular complexity index is 1060. The molecule has 122 valence electrons. The highest BCUT2D eigenvalue weighted by atomic mass is 32.1. The van der Waals surface area contributed by atoms with Gasteiger partial charge < -0.3 is 0 Å². The number of hydrogen-bond acceptors (Lipinski definition) is 3. The first kappa shape index (κ1) is 15.5. The van der Waals surface area contributed by atoms with Crippen molar-refractivity contribution in [3.63, 3.8) is 0 Å². The molecule has 0 atom stereocenters. The lowest BCUT2D eigenvalue weighted by atomic mass is 9.99. The Morgan fingerprint density at radius 2 is 1.68 bits per heavy atom. The van der Waals surface area contributed by atoms with Crippen LogP contribution in [0.15, 0.2) is 82.4 Å². The zero-order valence-corrected chi connectivity index (χ0v) is 13.9. The molecule has 0 aliphatic rings. The van der Waals surface area contributed by atoms with Crippen molar-refractivity contribution in [2.75, 3.05) is 0 Å². The molecule has 0 amide bonds. The normalized spacial score (nSPS) is 10.8. The maximum atomic E-state index is 13.3. The van der Waals surface area contributed by atoms with Crippen LogP contribution < -0.4 is 5.56 Å². The summed E-state index contributed by atoms with van der Waals surface area (Å²) in [5.74, 6) is -0.313. The van der Waals surface area contributed by atoms with E-state index in [1.54, 1.807) is 18.3 Å². The SMILES string of the molecule is O=c1c(-c2ccsc2)c(-c2ccc(F)cc2)cnn1-c1ccccc1. The van der Waals surface area contributed by atoms with E-state index in [0.717, 1.165) is 11.1 Å². The molecule has 0 unspecified atom stereocenters. The smallest absolute Gasteiger partial charge is 0.267 e. The van der Waals surface area contributed by atoms with Crippen LogP contribution in [0.3, 0.4) is 0 Å². The molecular weight excluding hydrogens is 335 g/mol. The molecule has 0 fully saturated rings. The molecule has 0 radical (unpaired) electrons. The highest BCUT2D eigenvalue weighted by Crippen LogP contribution is 2.30. The van der Waals surface area contributed by atoms with Crippen molar-refractivity contribution < 1.29 is 4.39 Å². The van der Waals surface area contributed by atoms with Crippen molar-refractivity contribution in [3.8, 4) is 27.9 Å². The van der Waals surface area contributed by atoms with E-state index < -0.39 is 0 Å². The zero-order chi connectivity index (χ0) is 17.2. The number of aromatic nitrogens is 2. The zero-order valence-electron chi connectivity index (χ0n) is 13.1. The molecule has 0 saturated carbocycles. The molecule has 0 aliphatic carbocycles. The Morgan fingerprint density at radius 1 is 0.920 bits per heavy atom. The Hall–Kier alpha value is -3.05. The lowest BCUT2D eigenvalue weighted by molar-refractivity contribution is 0.628. The summed E-state index contributed by atoms with van der Waals surface area (Å²) in [6, 6.07) is 17.3. The molecule has 25 heavy (non-hydrogen) atoms. The van der Waals surface area contributed by atoms with Crippen molar-refractivity contribution in [2.45, 2.75) is 0 Å². The molecule has 0 aliphatic heterocycles. The van der Waals surface area contributed by atoms with Gasteiger partial charge in [0.25, 0.3) is 5.56 Å². The molecule has 2 aromatic heterocycles. The van der Waals surface area contributed by atoms with Crippen LogP contribution in [0.2, 0.25) is 0 Å². The van der Waals surface area contributed by atoms with Gasteiger partial charge in [-0.15, -0.1) is 0 Å². The Labute approximate surface area is 147 Å². The van der Waals surface area contributed by atoms with Gasteiger partial charge in [0.05, 0.1) is 17.4 Å². The minimum atomic E-state index is -0.313. The summed E-state index contributed by atoms with van der Waals surface area (Å²) in [5, 5.41) is 8.19. The predicted molar refractivity (Wildman–Crippen MR) is 98.5 cm³/mol. The van der Waals surface area contributed by atoms with Gasteiger partial charge in [0.15, 0.2) is 0 Å². The number of thiophene rings is 1. The molecule has 3 nitrogen and oxygen atoms in total. The van der Waals surface area contributed by atoms with Crippen LogP contribution >= 0.6 is 11.3 Å². The van der Waals surface area contributed by atoms with Crippen molar-refractivity contribution in [1.29, 1.82) is 0 Å². The Kier molecular flexibility index (Phi) is 3.99. The molecule has 2 aromatic carbocycles.